The van der Waals surface area contributed by atoms with E-state index in [1.54, 1.807) is 0 Å². The summed E-state index contributed by atoms with van der Waals surface area (Å²) < 4.78 is 4.65. The van der Waals surface area contributed by atoms with E-state index in [4.69, 9.17) is 0 Å². The molecule has 0 unspecified atom stereocenters. The summed E-state index contributed by atoms with van der Waals surface area (Å²) in [5.74, 6) is -0.171. The van der Waals surface area contributed by atoms with E-state index in [1.165, 1.54) is 12.7 Å². The summed E-state index contributed by atoms with van der Waals surface area (Å²) in [7, 11) is 1.42. The van der Waals surface area contributed by atoms with Crippen molar-refractivity contribution in [3.8, 4) is 0 Å². The van der Waals surface area contributed by atoms with Crippen LogP contribution in [0.15, 0.2) is 54.6 Å². The molecule has 2 aromatic carbocycles. The molecule has 2 rings (SSSR count). The maximum atomic E-state index is 11.1. The zero-order chi connectivity index (χ0) is 14.2. The fourth-order valence-corrected chi connectivity index (χ4v) is 1.96. The fourth-order valence-electron chi connectivity index (χ4n) is 1.96. The van der Waals surface area contributed by atoms with Gasteiger partial charge in [-0.25, -0.2) is 0 Å². The second-order valence-corrected chi connectivity index (χ2v) is 4.57. The lowest BCUT2D eigenvalue weighted by atomic mass is 10.1. The number of esters is 1. The third-order valence-electron chi connectivity index (χ3n) is 3.06. The molecule has 20 heavy (non-hydrogen) atoms. The van der Waals surface area contributed by atoms with Crippen LogP contribution in [0.25, 0.3) is 12.2 Å². The van der Waals surface area contributed by atoms with Gasteiger partial charge in [-0.05, 0) is 23.1 Å². The van der Waals surface area contributed by atoms with Crippen molar-refractivity contribution in [2.45, 2.75) is 12.8 Å². The third kappa shape index (κ3) is 4.39. The lowest BCUT2D eigenvalue weighted by Crippen LogP contribution is -2.01. The van der Waals surface area contributed by atoms with E-state index >= 15 is 0 Å². The Bertz CT molecular complexity index is 585. The molecule has 0 saturated heterocycles. The van der Waals surface area contributed by atoms with E-state index in [0.717, 1.165) is 11.1 Å². The predicted octanol–water partition coefficient (Wildman–Crippen LogP) is 3.96. The first-order valence-electron chi connectivity index (χ1n) is 6.67. The van der Waals surface area contributed by atoms with Crippen LogP contribution in [-0.2, 0) is 16.0 Å². The molecule has 0 heterocycles. The van der Waals surface area contributed by atoms with Crippen LogP contribution >= 0.6 is 0 Å². The first-order chi connectivity index (χ1) is 9.78. The van der Waals surface area contributed by atoms with Gasteiger partial charge in [0.15, 0.2) is 0 Å². The van der Waals surface area contributed by atoms with Gasteiger partial charge < -0.3 is 4.74 Å². The minimum atomic E-state index is -0.171. The van der Waals surface area contributed by atoms with Gasteiger partial charge in [-0.1, -0.05) is 66.7 Å². The monoisotopic (exact) mass is 266 g/mol. The Hall–Kier alpha value is -2.35. The number of rotatable bonds is 5. The van der Waals surface area contributed by atoms with Crippen LogP contribution in [0.4, 0.5) is 0 Å². The van der Waals surface area contributed by atoms with Crippen LogP contribution in [0.2, 0.25) is 0 Å². The number of hydrogen-bond donors (Lipinski definition) is 0. The summed E-state index contributed by atoms with van der Waals surface area (Å²) in [4.78, 5) is 11.1. The zero-order valence-corrected chi connectivity index (χ0v) is 11.6. The smallest absolute Gasteiger partial charge is 0.305 e. The number of ether oxygens (including phenoxy) is 1. The highest BCUT2D eigenvalue weighted by molar-refractivity contribution is 5.71. The van der Waals surface area contributed by atoms with Crippen molar-refractivity contribution in [1.29, 1.82) is 0 Å². The average Bonchev–Trinajstić information content (AvgIpc) is 2.52. The quantitative estimate of drug-likeness (QED) is 0.605. The molecule has 2 aromatic rings. The Labute approximate surface area is 119 Å². The molecule has 0 aliphatic rings. The molecule has 0 aromatic heterocycles. The topological polar surface area (TPSA) is 26.3 Å². The Balaban J connectivity index is 2.02. The standard InChI is InChI=1S/C18H18O2/c1-20-18(19)13-12-17-9-5-8-16(14-17)11-10-15-6-3-2-4-7-15/h2-11,14H,12-13H2,1H3. The molecule has 2 heteroatoms. The minimum absolute atomic E-state index is 0.171. The molecule has 102 valence electrons. The van der Waals surface area contributed by atoms with Crippen molar-refractivity contribution in [3.05, 3.63) is 71.3 Å². The average molecular weight is 266 g/mol. The van der Waals surface area contributed by atoms with E-state index in [2.05, 4.69) is 41.2 Å². The molecule has 0 radical (unpaired) electrons. The number of aryl methyl sites for hydroxylation is 1. The Kier molecular flexibility index (Phi) is 5.13. The molecule has 0 N–H and O–H groups in total. The van der Waals surface area contributed by atoms with Crippen molar-refractivity contribution in [2.75, 3.05) is 7.11 Å². The van der Waals surface area contributed by atoms with Gasteiger partial charge in [0.2, 0.25) is 0 Å². The molecule has 0 fully saturated rings. The van der Waals surface area contributed by atoms with Crippen molar-refractivity contribution < 1.29 is 9.53 Å². The van der Waals surface area contributed by atoms with Crippen molar-refractivity contribution in [3.63, 3.8) is 0 Å². The second-order valence-electron chi connectivity index (χ2n) is 4.57. The first-order valence-corrected chi connectivity index (χ1v) is 6.67. The molecule has 0 saturated carbocycles. The largest absolute Gasteiger partial charge is 0.469 e. The molecule has 0 aliphatic heterocycles. The highest BCUT2D eigenvalue weighted by atomic mass is 16.5. The van der Waals surface area contributed by atoms with Crippen molar-refractivity contribution in [1.82, 2.24) is 0 Å². The Morgan fingerprint density at radius 1 is 1.00 bits per heavy atom. The van der Waals surface area contributed by atoms with Gasteiger partial charge in [0.05, 0.1) is 7.11 Å². The molecule has 2 nitrogen and oxygen atoms in total. The number of benzene rings is 2. The van der Waals surface area contributed by atoms with E-state index < -0.39 is 0 Å². The van der Waals surface area contributed by atoms with E-state index in [0.29, 0.717) is 12.8 Å². The van der Waals surface area contributed by atoms with E-state index in [9.17, 15) is 4.79 Å². The Morgan fingerprint density at radius 2 is 1.70 bits per heavy atom. The summed E-state index contributed by atoms with van der Waals surface area (Å²) in [6, 6.07) is 18.4. The SMILES string of the molecule is COC(=O)CCc1cccc(C=Cc2ccccc2)c1. The van der Waals surface area contributed by atoms with Gasteiger partial charge in [-0.15, -0.1) is 0 Å². The fraction of sp³-hybridized carbons (Fsp3) is 0.167. The van der Waals surface area contributed by atoms with Gasteiger partial charge in [-0.2, -0.15) is 0 Å². The normalized spacial score (nSPS) is 10.7. The third-order valence-corrected chi connectivity index (χ3v) is 3.06. The van der Waals surface area contributed by atoms with Crippen LogP contribution in [0.5, 0.6) is 0 Å². The predicted molar refractivity (Wildman–Crippen MR) is 82.1 cm³/mol. The maximum Gasteiger partial charge on any atom is 0.305 e. The molecular weight excluding hydrogens is 248 g/mol. The minimum Gasteiger partial charge on any atom is -0.469 e. The molecular formula is C18H18O2. The lowest BCUT2D eigenvalue weighted by molar-refractivity contribution is -0.140. The molecule has 0 atom stereocenters. The summed E-state index contributed by atoms with van der Waals surface area (Å²) in [6.45, 7) is 0. The zero-order valence-electron chi connectivity index (χ0n) is 11.6. The van der Waals surface area contributed by atoms with Gasteiger partial charge >= 0.3 is 5.97 Å². The van der Waals surface area contributed by atoms with Crippen LogP contribution in [-0.4, -0.2) is 13.1 Å². The number of carbonyl (C=O) groups is 1. The molecule has 0 spiro atoms. The highest BCUT2D eigenvalue weighted by Crippen LogP contribution is 2.12. The molecule has 0 bridgehead atoms. The lowest BCUT2D eigenvalue weighted by Gasteiger charge is -2.02. The highest BCUT2D eigenvalue weighted by Gasteiger charge is 2.01. The van der Waals surface area contributed by atoms with Crippen molar-refractivity contribution in [2.24, 2.45) is 0 Å². The number of carbonyl (C=O) groups excluding carboxylic acids is 1. The first kappa shape index (κ1) is 14.1. The van der Waals surface area contributed by atoms with Gasteiger partial charge in [0.25, 0.3) is 0 Å². The van der Waals surface area contributed by atoms with Crippen LogP contribution in [0.1, 0.15) is 23.1 Å². The maximum absolute atomic E-state index is 11.1. The van der Waals surface area contributed by atoms with Crippen molar-refractivity contribution >= 4 is 18.1 Å². The van der Waals surface area contributed by atoms with E-state index in [1.807, 2.05) is 30.3 Å². The number of hydrogen-bond acceptors (Lipinski definition) is 2. The van der Waals surface area contributed by atoms with Crippen LogP contribution in [0, 0.1) is 0 Å². The summed E-state index contributed by atoms with van der Waals surface area (Å²) >= 11 is 0. The Morgan fingerprint density at radius 3 is 2.45 bits per heavy atom. The molecule has 0 amide bonds. The summed E-state index contributed by atoms with van der Waals surface area (Å²) in [6.07, 6.45) is 5.29. The van der Waals surface area contributed by atoms with Gasteiger partial charge in [0.1, 0.15) is 0 Å². The number of methoxy groups -OCH3 is 1. The van der Waals surface area contributed by atoms with Crippen LogP contribution < -0.4 is 0 Å². The van der Waals surface area contributed by atoms with Gasteiger partial charge in [0, 0.05) is 6.42 Å². The second kappa shape index (κ2) is 7.29. The van der Waals surface area contributed by atoms with E-state index in [-0.39, 0.29) is 5.97 Å². The molecule has 0 aliphatic carbocycles. The summed E-state index contributed by atoms with van der Waals surface area (Å²) in [5, 5.41) is 0. The van der Waals surface area contributed by atoms with Crippen LogP contribution in [0.3, 0.4) is 0 Å². The van der Waals surface area contributed by atoms with Gasteiger partial charge in [-0.3, -0.25) is 4.79 Å². The summed E-state index contributed by atoms with van der Waals surface area (Å²) in [5.41, 5.74) is 3.45.